The molecule has 0 radical (unpaired) electrons. The molecule has 99 heavy (non-hydrogen) atoms. The molecule has 1 amide bonds. The minimum Gasteiger partial charge on any atom is -0.394 e. The Hall–Kier alpha value is -2.77. The number of aliphatic hydroxyl groups is 11. The van der Waals surface area contributed by atoms with Gasteiger partial charge in [-0.3, -0.25) is 4.79 Å². The highest BCUT2D eigenvalue weighted by Crippen LogP contribution is 2.33. The average molecular weight is 1410 g/mol. The minimum absolute atomic E-state index is 0.233. The van der Waals surface area contributed by atoms with Crippen molar-refractivity contribution in [3.63, 3.8) is 0 Å². The highest BCUT2D eigenvalue weighted by Gasteiger charge is 2.54. The van der Waals surface area contributed by atoms with Gasteiger partial charge in [0, 0.05) is 6.42 Å². The first-order valence-electron chi connectivity index (χ1n) is 39.7. The topological polar surface area (TPSA) is 307 Å². The molecule has 17 atom stereocenters. The maximum Gasteiger partial charge on any atom is 0.220 e. The molecule has 3 fully saturated rings. The first-order chi connectivity index (χ1) is 48.3. The Kier molecular flexibility index (Phi) is 55.3. The largest absolute Gasteiger partial charge is 0.394 e. The van der Waals surface area contributed by atoms with Crippen LogP contribution < -0.4 is 5.32 Å². The maximum atomic E-state index is 13.5. The molecule has 0 aliphatic carbocycles. The lowest BCUT2D eigenvalue weighted by Gasteiger charge is -2.48. The standard InChI is InChI=1S/C80H143NO18/c1-3-5-7-9-11-13-15-17-19-21-23-25-27-28-29-30-31-32-33-34-36-37-39-41-43-45-47-49-51-53-55-57-64(85)63(81-68(86)58-56-54-52-50-48-46-44-42-40-38-35-26-24-22-20-18-16-14-12-10-8-6-4-2)62-94-78-74(92)71(89)76(66(60-83)96-78)99-80-75(93)72(90)77(67(61-84)97-80)98-79-73(91)70(88)69(87)65(59-82)95-79/h6,8,12,14,18,20,24,26,38,40,44,46,63-67,69-80,82-85,87-93H,3-5,7,9-11,13,15-17,19,21-23,25,27-37,39,41-43,45,47-62H2,1-2H3,(H,81,86)/b8-6-,14-12-,20-18-,26-24-,40-38-,46-44-. The molecule has 0 aromatic carbocycles. The van der Waals surface area contributed by atoms with E-state index in [2.05, 4.69) is 92.1 Å². The summed E-state index contributed by atoms with van der Waals surface area (Å²) < 4.78 is 34.5. The van der Waals surface area contributed by atoms with Crippen LogP contribution in [0.3, 0.4) is 0 Å². The van der Waals surface area contributed by atoms with Gasteiger partial charge in [-0.05, 0) is 64.2 Å². The van der Waals surface area contributed by atoms with Crippen molar-refractivity contribution in [3.8, 4) is 0 Å². The summed E-state index contributed by atoms with van der Waals surface area (Å²) in [5.41, 5.74) is 0. The lowest BCUT2D eigenvalue weighted by Crippen LogP contribution is -2.66. The number of ether oxygens (including phenoxy) is 6. The molecule has 0 bridgehead atoms. The number of hydrogen-bond acceptors (Lipinski definition) is 18. The van der Waals surface area contributed by atoms with Crippen LogP contribution in [0.15, 0.2) is 72.9 Å². The number of allylic oxidation sites excluding steroid dienone is 12. The van der Waals surface area contributed by atoms with E-state index >= 15 is 0 Å². The van der Waals surface area contributed by atoms with Gasteiger partial charge in [0.1, 0.15) is 73.2 Å². The van der Waals surface area contributed by atoms with Crippen LogP contribution in [0.1, 0.15) is 296 Å². The molecule has 17 unspecified atom stereocenters. The third-order valence-corrected chi connectivity index (χ3v) is 19.5. The van der Waals surface area contributed by atoms with Crippen LogP contribution in [-0.2, 0) is 33.2 Å². The number of aliphatic hydroxyl groups excluding tert-OH is 11. The van der Waals surface area contributed by atoms with Crippen molar-refractivity contribution in [1.82, 2.24) is 5.32 Å². The summed E-state index contributed by atoms with van der Waals surface area (Å²) in [5, 5.41) is 121. The molecule has 3 rings (SSSR count). The SMILES string of the molecule is CC/C=C\C/C=C\C/C=C\C/C=C\C/C=C\C/C=C\CCCCCCC(=O)NC(COC1OC(CO)C(OC2OC(CO)C(OC3OC(CO)C(O)C(O)C3O)C(O)C2O)C(O)C1O)C(O)CCCCCCCCCCCCCCCCCCCCCCCCCCCCCCCCC. The van der Waals surface area contributed by atoms with Crippen molar-refractivity contribution in [2.75, 3.05) is 26.4 Å². The minimum atomic E-state index is -1.98. The zero-order chi connectivity index (χ0) is 71.8. The molecule has 19 nitrogen and oxygen atoms in total. The Labute approximate surface area is 598 Å². The number of nitrogens with one attached hydrogen (secondary N) is 1. The quantitative estimate of drug-likeness (QED) is 0.0199. The van der Waals surface area contributed by atoms with Crippen LogP contribution in [0, 0.1) is 0 Å². The Bertz CT molecular complexity index is 2070. The molecule has 19 heteroatoms. The average Bonchev–Trinajstić information content (AvgIpc) is 0.782. The van der Waals surface area contributed by atoms with Gasteiger partial charge >= 0.3 is 0 Å². The summed E-state index contributed by atoms with van der Waals surface area (Å²) in [6, 6.07) is -0.908. The van der Waals surface area contributed by atoms with E-state index in [4.69, 9.17) is 28.4 Å². The lowest BCUT2D eigenvalue weighted by molar-refractivity contribution is -0.379. The summed E-state index contributed by atoms with van der Waals surface area (Å²) in [6.45, 7) is 1.70. The molecule has 0 aromatic heterocycles. The second-order valence-corrected chi connectivity index (χ2v) is 28.2. The first kappa shape index (κ1) is 90.4. The van der Waals surface area contributed by atoms with E-state index in [1.807, 2.05) is 0 Å². The van der Waals surface area contributed by atoms with Crippen molar-refractivity contribution < 1.29 is 89.4 Å². The Morgan fingerprint density at radius 3 is 1.09 bits per heavy atom. The van der Waals surface area contributed by atoms with Gasteiger partial charge in [0.05, 0.1) is 38.6 Å². The molecule has 3 aliphatic heterocycles. The molecule has 3 saturated heterocycles. The van der Waals surface area contributed by atoms with E-state index in [0.29, 0.717) is 12.8 Å². The van der Waals surface area contributed by atoms with Gasteiger partial charge in [-0.2, -0.15) is 0 Å². The number of carbonyl (C=O) groups is 1. The van der Waals surface area contributed by atoms with Crippen molar-refractivity contribution in [2.24, 2.45) is 0 Å². The van der Waals surface area contributed by atoms with Crippen LogP contribution in [0.5, 0.6) is 0 Å². The van der Waals surface area contributed by atoms with E-state index in [1.54, 1.807) is 0 Å². The van der Waals surface area contributed by atoms with Gasteiger partial charge in [0.15, 0.2) is 18.9 Å². The van der Waals surface area contributed by atoms with Crippen molar-refractivity contribution >= 4 is 5.91 Å². The summed E-state index contributed by atoms with van der Waals surface area (Å²) >= 11 is 0. The zero-order valence-electron chi connectivity index (χ0n) is 61.5. The molecule has 0 spiro atoms. The summed E-state index contributed by atoms with van der Waals surface area (Å²) in [7, 11) is 0. The smallest absolute Gasteiger partial charge is 0.220 e. The van der Waals surface area contributed by atoms with Gasteiger partial charge in [-0.15, -0.1) is 0 Å². The lowest BCUT2D eigenvalue weighted by atomic mass is 9.96. The van der Waals surface area contributed by atoms with Gasteiger partial charge < -0.3 is 89.9 Å². The van der Waals surface area contributed by atoms with Gasteiger partial charge in [-0.25, -0.2) is 0 Å². The molecule has 3 aliphatic rings. The van der Waals surface area contributed by atoms with Gasteiger partial charge in [0.25, 0.3) is 0 Å². The number of rotatable bonds is 62. The molecular formula is C80H143NO18. The molecule has 0 saturated carbocycles. The zero-order valence-corrected chi connectivity index (χ0v) is 61.5. The van der Waals surface area contributed by atoms with Crippen molar-refractivity contribution in [3.05, 3.63) is 72.9 Å². The van der Waals surface area contributed by atoms with E-state index in [-0.39, 0.29) is 18.9 Å². The number of unbranched alkanes of at least 4 members (excludes halogenated alkanes) is 34. The van der Waals surface area contributed by atoms with Crippen LogP contribution >= 0.6 is 0 Å². The summed E-state index contributed by atoms with van der Waals surface area (Å²) in [4.78, 5) is 13.5. The van der Waals surface area contributed by atoms with Crippen molar-refractivity contribution in [1.29, 1.82) is 0 Å². The second-order valence-electron chi connectivity index (χ2n) is 28.2. The fourth-order valence-corrected chi connectivity index (χ4v) is 13.2. The Balaban J connectivity index is 1.38. The summed E-state index contributed by atoms with van der Waals surface area (Å²) in [5.74, 6) is -0.266. The second kappa shape index (κ2) is 60.5. The van der Waals surface area contributed by atoms with E-state index in [9.17, 15) is 61.0 Å². The number of carbonyl (C=O) groups excluding carboxylic acids is 1. The van der Waals surface area contributed by atoms with Crippen LogP contribution in [0.2, 0.25) is 0 Å². The fraction of sp³-hybridized carbons (Fsp3) is 0.838. The van der Waals surface area contributed by atoms with Crippen molar-refractivity contribution in [2.45, 2.75) is 401 Å². The maximum absolute atomic E-state index is 13.5. The molecule has 3 heterocycles. The van der Waals surface area contributed by atoms with Gasteiger partial charge in [0.2, 0.25) is 5.91 Å². The fourth-order valence-electron chi connectivity index (χ4n) is 13.2. The number of hydrogen-bond donors (Lipinski definition) is 12. The normalized spacial score (nSPS) is 27.0. The first-order valence-corrected chi connectivity index (χ1v) is 39.7. The number of amides is 1. The van der Waals surface area contributed by atoms with Crippen LogP contribution in [0.4, 0.5) is 0 Å². The third kappa shape index (κ3) is 40.9. The Morgan fingerprint density at radius 2 is 0.697 bits per heavy atom. The monoisotopic (exact) mass is 1410 g/mol. The van der Waals surface area contributed by atoms with E-state index < -0.39 is 124 Å². The van der Waals surface area contributed by atoms with Gasteiger partial charge in [-0.1, -0.05) is 299 Å². The summed E-state index contributed by atoms with van der Waals surface area (Å²) in [6.07, 6.45) is 51.3. The van der Waals surface area contributed by atoms with Crippen LogP contribution in [-0.4, -0.2) is 193 Å². The predicted octanol–water partition coefficient (Wildman–Crippen LogP) is 12.8. The predicted molar refractivity (Wildman–Crippen MR) is 392 cm³/mol. The molecule has 576 valence electrons. The molecule has 0 aromatic rings. The van der Waals surface area contributed by atoms with Crippen LogP contribution in [0.25, 0.3) is 0 Å². The third-order valence-electron chi connectivity index (χ3n) is 19.5. The highest BCUT2D eigenvalue weighted by atomic mass is 16.8. The van der Waals surface area contributed by atoms with E-state index in [0.717, 1.165) is 89.9 Å². The highest BCUT2D eigenvalue weighted by molar-refractivity contribution is 5.76. The van der Waals surface area contributed by atoms with E-state index in [1.165, 1.54) is 173 Å². The molecule has 12 N–H and O–H groups in total. The molecular weight excluding hydrogens is 1260 g/mol. The Morgan fingerprint density at radius 1 is 0.374 bits per heavy atom.